The first kappa shape index (κ1) is 14.6. The number of anilines is 1. The highest BCUT2D eigenvalue weighted by molar-refractivity contribution is 7.99. The number of morpholine rings is 1. The van der Waals surface area contributed by atoms with Gasteiger partial charge in [-0.2, -0.15) is 0 Å². The molecule has 1 saturated heterocycles. The number of nitrogens with zero attached hydrogens (tertiary/aromatic N) is 1. The van der Waals surface area contributed by atoms with Crippen molar-refractivity contribution in [3.8, 4) is 0 Å². The van der Waals surface area contributed by atoms with Crippen molar-refractivity contribution >= 4 is 17.4 Å². The van der Waals surface area contributed by atoms with Gasteiger partial charge >= 0.3 is 0 Å². The fourth-order valence-electron chi connectivity index (χ4n) is 2.13. The molecule has 2 rings (SSSR count). The van der Waals surface area contributed by atoms with E-state index >= 15 is 0 Å². The van der Waals surface area contributed by atoms with Crippen molar-refractivity contribution in [2.75, 3.05) is 31.2 Å². The van der Waals surface area contributed by atoms with Gasteiger partial charge in [-0.1, -0.05) is 0 Å². The maximum Gasteiger partial charge on any atom is 0.138 e. The standard InChI is InChI=1S/C14H21FN2OS/c1-10(2)17-5-6-18-12(8-17)9-19-14-4-3-11(16)7-13(14)15/h3-4,7,10,12H,5-6,8-9,16H2,1-2H3. The lowest BCUT2D eigenvalue weighted by atomic mass is 10.2. The maximum absolute atomic E-state index is 13.7. The number of nitrogen functional groups attached to an aromatic ring is 1. The summed E-state index contributed by atoms with van der Waals surface area (Å²) in [6, 6.07) is 5.36. The molecule has 19 heavy (non-hydrogen) atoms. The molecule has 0 saturated carbocycles. The molecule has 0 aromatic heterocycles. The van der Waals surface area contributed by atoms with Crippen LogP contribution in [0.5, 0.6) is 0 Å². The molecular formula is C14H21FN2OS. The lowest BCUT2D eigenvalue weighted by molar-refractivity contribution is -0.0265. The Morgan fingerprint density at radius 1 is 1.53 bits per heavy atom. The van der Waals surface area contributed by atoms with E-state index in [-0.39, 0.29) is 11.9 Å². The van der Waals surface area contributed by atoms with E-state index in [0.717, 1.165) is 25.4 Å². The van der Waals surface area contributed by atoms with E-state index in [2.05, 4.69) is 18.7 Å². The molecule has 1 atom stereocenters. The average molecular weight is 284 g/mol. The van der Waals surface area contributed by atoms with Crippen molar-refractivity contribution < 1.29 is 9.13 Å². The quantitative estimate of drug-likeness (QED) is 0.681. The monoisotopic (exact) mass is 284 g/mol. The zero-order chi connectivity index (χ0) is 13.8. The summed E-state index contributed by atoms with van der Waals surface area (Å²) in [5.74, 6) is 0.519. The number of rotatable bonds is 4. The highest BCUT2D eigenvalue weighted by atomic mass is 32.2. The fraction of sp³-hybridized carbons (Fsp3) is 0.571. The van der Waals surface area contributed by atoms with Crippen LogP contribution in [0.1, 0.15) is 13.8 Å². The molecule has 1 unspecified atom stereocenters. The van der Waals surface area contributed by atoms with E-state index < -0.39 is 0 Å². The van der Waals surface area contributed by atoms with Gasteiger partial charge in [-0.25, -0.2) is 4.39 Å². The van der Waals surface area contributed by atoms with Crippen LogP contribution >= 0.6 is 11.8 Å². The average Bonchev–Trinajstić information content (AvgIpc) is 2.38. The van der Waals surface area contributed by atoms with Gasteiger partial charge in [0.2, 0.25) is 0 Å². The molecule has 1 aromatic rings. The molecule has 0 radical (unpaired) electrons. The van der Waals surface area contributed by atoms with Gasteiger partial charge in [0.1, 0.15) is 5.82 Å². The topological polar surface area (TPSA) is 38.5 Å². The van der Waals surface area contributed by atoms with Gasteiger partial charge < -0.3 is 10.5 Å². The van der Waals surface area contributed by atoms with Crippen molar-refractivity contribution in [3.05, 3.63) is 24.0 Å². The normalized spacial score (nSPS) is 20.9. The van der Waals surface area contributed by atoms with E-state index in [4.69, 9.17) is 10.5 Å². The molecule has 1 heterocycles. The number of ether oxygens (including phenoxy) is 1. The summed E-state index contributed by atoms with van der Waals surface area (Å²) in [7, 11) is 0. The molecular weight excluding hydrogens is 263 g/mol. The zero-order valence-corrected chi connectivity index (χ0v) is 12.3. The third kappa shape index (κ3) is 4.09. The highest BCUT2D eigenvalue weighted by Gasteiger charge is 2.22. The fourth-order valence-corrected chi connectivity index (χ4v) is 3.06. The number of nitrogens with two attached hydrogens (primary N) is 1. The van der Waals surface area contributed by atoms with Crippen LogP contribution in [-0.4, -0.2) is 42.5 Å². The van der Waals surface area contributed by atoms with Crippen LogP contribution in [0.4, 0.5) is 10.1 Å². The van der Waals surface area contributed by atoms with Crippen LogP contribution < -0.4 is 5.73 Å². The minimum Gasteiger partial charge on any atom is -0.399 e. The summed E-state index contributed by atoms with van der Waals surface area (Å²) in [5, 5.41) is 0. The van der Waals surface area contributed by atoms with Gasteiger partial charge in [-0.3, -0.25) is 4.90 Å². The van der Waals surface area contributed by atoms with Crippen LogP contribution in [0.2, 0.25) is 0 Å². The predicted octanol–water partition coefficient (Wildman–Crippen LogP) is 2.61. The van der Waals surface area contributed by atoms with Crippen molar-refractivity contribution in [1.82, 2.24) is 4.90 Å². The number of thioether (sulfide) groups is 1. The SMILES string of the molecule is CC(C)N1CCOC(CSc2ccc(N)cc2F)C1. The Morgan fingerprint density at radius 3 is 3.00 bits per heavy atom. The van der Waals surface area contributed by atoms with Crippen LogP contribution in [0.15, 0.2) is 23.1 Å². The lowest BCUT2D eigenvalue weighted by Gasteiger charge is -2.35. The molecule has 0 aliphatic carbocycles. The molecule has 106 valence electrons. The largest absolute Gasteiger partial charge is 0.399 e. The van der Waals surface area contributed by atoms with Crippen LogP contribution in [0, 0.1) is 5.82 Å². The molecule has 1 fully saturated rings. The maximum atomic E-state index is 13.7. The van der Waals surface area contributed by atoms with Crippen LogP contribution in [0.25, 0.3) is 0 Å². The third-order valence-corrected chi connectivity index (χ3v) is 4.46. The van der Waals surface area contributed by atoms with Gasteiger partial charge in [0.15, 0.2) is 0 Å². The molecule has 1 aliphatic rings. The Morgan fingerprint density at radius 2 is 2.32 bits per heavy atom. The second-order valence-corrected chi connectivity index (χ2v) is 6.14. The third-order valence-electron chi connectivity index (χ3n) is 3.28. The van der Waals surface area contributed by atoms with Crippen LogP contribution in [-0.2, 0) is 4.74 Å². The van der Waals surface area contributed by atoms with Gasteiger partial charge in [0, 0.05) is 35.5 Å². The highest BCUT2D eigenvalue weighted by Crippen LogP contribution is 2.25. The Bertz CT molecular complexity index is 428. The first-order valence-electron chi connectivity index (χ1n) is 6.59. The summed E-state index contributed by atoms with van der Waals surface area (Å²) < 4.78 is 19.4. The van der Waals surface area contributed by atoms with E-state index in [9.17, 15) is 4.39 Å². The summed E-state index contributed by atoms with van der Waals surface area (Å²) in [6.07, 6.45) is 0.165. The molecule has 0 amide bonds. The lowest BCUT2D eigenvalue weighted by Crippen LogP contribution is -2.46. The van der Waals surface area contributed by atoms with Crippen molar-refractivity contribution in [1.29, 1.82) is 0 Å². The second-order valence-electron chi connectivity index (χ2n) is 5.08. The minimum absolute atomic E-state index is 0.165. The zero-order valence-electron chi connectivity index (χ0n) is 11.4. The summed E-state index contributed by atoms with van der Waals surface area (Å²) in [4.78, 5) is 3.04. The Kier molecular flexibility index (Phi) is 5.07. The van der Waals surface area contributed by atoms with Crippen molar-refractivity contribution in [2.45, 2.75) is 30.9 Å². The smallest absolute Gasteiger partial charge is 0.138 e. The van der Waals surface area contributed by atoms with E-state index in [1.807, 2.05) is 0 Å². The van der Waals surface area contributed by atoms with Gasteiger partial charge in [-0.05, 0) is 32.0 Å². The van der Waals surface area contributed by atoms with E-state index in [0.29, 0.717) is 16.6 Å². The number of halogens is 1. The molecule has 5 heteroatoms. The Hall–Kier alpha value is -0.780. The number of hydrogen-bond donors (Lipinski definition) is 1. The van der Waals surface area contributed by atoms with Crippen molar-refractivity contribution in [3.63, 3.8) is 0 Å². The minimum atomic E-state index is -0.249. The molecule has 2 N–H and O–H groups in total. The van der Waals surface area contributed by atoms with E-state index in [1.54, 1.807) is 12.1 Å². The summed E-state index contributed by atoms with van der Waals surface area (Å²) in [5.41, 5.74) is 6.00. The molecule has 0 spiro atoms. The first-order chi connectivity index (χ1) is 9.06. The summed E-state index contributed by atoms with van der Waals surface area (Å²) >= 11 is 1.49. The Balaban J connectivity index is 1.88. The Labute approximate surface area is 118 Å². The predicted molar refractivity (Wildman–Crippen MR) is 78.0 cm³/mol. The van der Waals surface area contributed by atoms with E-state index in [1.165, 1.54) is 17.8 Å². The first-order valence-corrected chi connectivity index (χ1v) is 7.58. The number of benzene rings is 1. The van der Waals surface area contributed by atoms with Gasteiger partial charge in [-0.15, -0.1) is 11.8 Å². The molecule has 1 aliphatic heterocycles. The molecule has 3 nitrogen and oxygen atoms in total. The second kappa shape index (κ2) is 6.59. The number of hydrogen-bond acceptors (Lipinski definition) is 4. The molecule has 0 bridgehead atoms. The van der Waals surface area contributed by atoms with Gasteiger partial charge in [0.05, 0.1) is 12.7 Å². The summed E-state index contributed by atoms with van der Waals surface area (Å²) in [6.45, 7) is 7.04. The van der Waals surface area contributed by atoms with Crippen LogP contribution in [0.3, 0.4) is 0 Å². The van der Waals surface area contributed by atoms with Crippen molar-refractivity contribution in [2.24, 2.45) is 0 Å². The van der Waals surface area contributed by atoms with Gasteiger partial charge in [0.25, 0.3) is 0 Å². The molecule has 1 aromatic carbocycles.